The van der Waals surface area contributed by atoms with Crippen molar-refractivity contribution in [3.8, 4) is 0 Å². The normalized spacial score (nSPS) is 15.0. The highest BCUT2D eigenvalue weighted by Gasteiger charge is 2.37. The maximum atomic E-state index is 14.2. The number of carbonyl (C=O) groups excluding carboxylic acids is 12. The van der Waals surface area contributed by atoms with Crippen molar-refractivity contribution in [3.63, 3.8) is 0 Å². The number of thioether (sulfide) groups is 1. The predicted molar refractivity (Wildman–Crippen MR) is 312 cm³/mol. The first-order valence-electron chi connectivity index (χ1n) is 27.9. The Morgan fingerprint density at radius 1 is 0.529 bits per heavy atom. The second kappa shape index (κ2) is 41.6. The molecule has 0 aromatic carbocycles. The van der Waals surface area contributed by atoms with Crippen molar-refractivity contribution >= 4 is 94.6 Å². The highest BCUT2D eigenvalue weighted by Crippen LogP contribution is 2.14. The fraction of sp³-hybridized carbons (Fsp3) is 0.725. The number of primary amides is 2. The molecule has 0 aliphatic carbocycles. The molecule has 25 N–H and O–H groups in total. The molecule has 484 valence electrons. The number of carboxylic acid groups (broad SMARTS) is 1. The van der Waals surface area contributed by atoms with Gasteiger partial charge in [-0.05, 0) is 87.7 Å². The van der Waals surface area contributed by atoms with E-state index in [1.54, 1.807) is 47.8 Å². The lowest BCUT2D eigenvalue weighted by Crippen LogP contribution is -2.62. The van der Waals surface area contributed by atoms with Crippen molar-refractivity contribution in [1.82, 2.24) is 53.2 Å². The van der Waals surface area contributed by atoms with E-state index in [0.717, 1.165) is 0 Å². The number of nitrogens with two attached hydrogens (primary N) is 6. The summed E-state index contributed by atoms with van der Waals surface area (Å²) < 4.78 is 0. The summed E-state index contributed by atoms with van der Waals surface area (Å²) in [5, 5.41) is 53.7. The first-order chi connectivity index (χ1) is 39.9. The van der Waals surface area contributed by atoms with Crippen LogP contribution >= 0.6 is 11.8 Å². The minimum absolute atomic E-state index is 0.0167. The van der Waals surface area contributed by atoms with E-state index in [1.165, 1.54) is 11.8 Å². The van der Waals surface area contributed by atoms with Gasteiger partial charge in [0, 0.05) is 13.0 Å². The SMILES string of the molecule is CC[C@H](C)[C@H](NC(=O)[C@H](CO)NC(=O)[C@H](CCSC)NC(=O)[C@H](CCCN=C(N)N)NC(=O)CNC(=O)[C@@H](N)CO)C(=O)N[C@H](C(=O)N[C@@H](CCCCN)C(=O)N[C@@H](CC(N)=O)C(=O)N[C@@H](CC(C)C)C(=O)N[C@@H](CCC(N)=O)C(=O)O)C(C)C. The molecule has 0 fully saturated rings. The van der Waals surface area contributed by atoms with Gasteiger partial charge < -0.3 is 103 Å². The van der Waals surface area contributed by atoms with Gasteiger partial charge in [-0.1, -0.05) is 48.0 Å². The molecule has 0 heterocycles. The summed E-state index contributed by atoms with van der Waals surface area (Å²) >= 11 is 1.31. The molecule has 0 saturated carbocycles. The van der Waals surface area contributed by atoms with E-state index in [1.807, 2.05) is 0 Å². The summed E-state index contributed by atoms with van der Waals surface area (Å²) in [6, 6.07) is -14.7. The average molecular weight is 1230 g/mol. The molecule has 0 radical (unpaired) electrons. The van der Waals surface area contributed by atoms with Crippen LogP contribution in [0.5, 0.6) is 0 Å². The van der Waals surface area contributed by atoms with Gasteiger partial charge in [0.2, 0.25) is 70.9 Å². The zero-order valence-corrected chi connectivity index (χ0v) is 50.3. The molecule has 0 aromatic heterocycles. The monoisotopic (exact) mass is 1230 g/mol. The van der Waals surface area contributed by atoms with Crippen LogP contribution in [-0.4, -0.2) is 203 Å². The van der Waals surface area contributed by atoms with Crippen LogP contribution in [-0.2, 0) is 62.3 Å². The smallest absolute Gasteiger partial charge is 0.326 e. The number of aliphatic imine (C=N–C) groups is 1. The van der Waals surface area contributed by atoms with Gasteiger partial charge in [0.15, 0.2) is 5.96 Å². The van der Waals surface area contributed by atoms with Gasteiger partial charge in [-0.2, -0.15) is 11.8 Å². The van der Waals surface area contributed by atoms with Crippen LogP contribution in [0.4, 0.5) is 0 Å². The van der Waals surface area contributed by atoms with E-state index in [9.17, 15) is 72.5 Å². The van der Waals surface area contributed by atoms with E-state index in [4.69, 9.17) is 39.5 Å². The molecule has 0 aliphatic rings. The van der Waals surface area contributed by atoms with Gasteiger partial charge in [0.25, 0.3) is 0 Å². The molecule has 0 spiro atoms. The number of aliphatic carboxylic acids is 1. The molecule has 12 amide bonds. The Hall–Kier alpha value is -7.43. The number of amides is 12. The van der Waals surface area contributed by atoms with Crippen LogP contribution in [0.25, 0.3) is 0 Å². The minimum atomic E-state index is -1.74. The fourth-order valence-corrected chi connectivity index (χ4v) is 8.34. The van der Waals surface area contributed by atoms with Gasteiger partial charge in [-0.3, -0.25) is 62.5 Å². The molecule has 85 heavy (non-hydrogen) atoms. The van der Waals surface area contributed by atoms with Gasteiger partial charge in [0.1, 0.15) is 60.4 Å². The van der Waals surface area contributed by atoms with Crippen LogP contribution in [0, 0.1) is 17.8 Å². The topological polar surface area (TPSA) is 571 Å². The summed E-state index contributed by atoms with van der Waals surface area (Å²) in [5.74, 6) is -14.3. The van der Waals surface area contributed by atoms with E-state index in [-0.39, 0.29) is 82.8 Å². The summed E-state index contributed by atoms with van der Waals surface area (Å²) in [6.45, 7) is 7.74. The molecule has 33 nitrogen and oxygen atoms in total. The molecule has 0 bridgehead atoms. The van der Waals surface area contributed by atoms with Crippen molar-refractivity contribution in [2.75, 3.05) is 44.9 Å². The number of nitrogens with zero attached hydrogens (tertiary/aromatic N) is 1. The highest BCUT2D eigenvalue weighted by atomic mass is 32.2. The quantitative estimate of drug-likeness (QED) is 0.0153. The number of guanidine groups is 1. The summed E-state index contributed by atoms with van der Waals surface area (Å²) in [6.07, 6.45) is 1.03. The lowest BCUT2D eigenvalue weighted by Gasteiger charge is -2.30. The van der Waals surface area contributed by atoms with Crippen molar-refractivity contribution in [1.29, 1.82) is 0 Å². The second-order valence-electron chi connectivity index (χ2n) is 20.9. The van der Waals surface area contributed by atoms with Crippen LogP contribution < -0.4 is 87.6 Å². The van der Waals surface area contributed by atoms with Gasteiger partial charge in [-0.25, -0.2) is 4.79 Å². The number of carbonyl (C=O) groups is 13. The number of hydrogen-bond donors (Lipinski definition) is 19. The molecule has 0 saturated heterocycles. The van der Waals surface area contributed by atoms with Crippen molar-refractivity contribution < 1.29 is 77.6 Å². The first-order valence-corrected chi connectivity index (χ1v) is 29.3. The zero-order valence-electron chi connectivity index (χ0n) is 49.5. The summed E-state index contributed by atoms with van der Waals surface area (Å²) in [7, 11) is 0. The third-order valence-electron chi connectivity index (χ3n) is 12.9. The Balaban J connectivity index is 6.66. The zero-order chi connectivity index (χ0) is 65.1. The number of hydrogen-bond acceptors (Lipinski definition) is 19. The number of aliphatic hydroxyl groups is 2. The van der Waals surface area contributed by atoms with Gasteiger partial charge in [-0.15, -0.1) is 0 Å². The number of aliphatic hydroxyl groups excluding tert-OH is 2. The largest absolute Gasteiger partial charge is 0.480 e. The molecule has 0 aliphatic heterocycles. The van der Waals surface area contributed by atoms with Crippen LogP contribution in [0.1, 0.15) is 112 Å². The molecule has 0 rings (SSSR count). The fourth-order valence-electron chi connectivity index (χ4n) is 7.87. The van der Waals surface area contributed by atoms with Crippen LogP contribution in [0.3, 0.4) is 0 Å². The highest BCUT2D eigenvalue weighted by molar-refractivity contribution is 7.98. The van der Waals surface area contributed by atoms with Gasteiger partial charge >= 0.3 is 5.97 Å². The van der Waals surface area contributed by atoms with E-state index in [2.05, 4.69) is 58.2 Å². The summed E-state index contributed by atoms with van der Waals surface area (Å²) in [4.78, 5) is 176. The Morgan fingerprint density at radius 3 is 1.52 bits per heavy atom. The maximum absolute atomic E-state index is 14.2. The van der Waals surface area contributed by atoms with E-state index >= 15 is 0 Å². The lowest BCUT2D eigenvalue weighted by molar-refractivity contribution is -0.143. The third kappa shape index (κ3) is 31.3. The molecule has 0 unspecified atom stereocenters. The first kappa shape index (κ1) is 77.6. The maximum Gasteiger partial charge on any atom is 0.326 e. The Morgan fingerprint density at radius 2 is 1.01 bits per heavy atom. The second-order valence-corrected chi connectivity index (χ2v) is 21.9. The Labute approximate surface area is 498 Å². The summed E-state index contributed by atoms with van der Waals surface area (Å²) in [5.41, 5.74) is 32.6. The number of rotatable bonds is 44. The van der Waals surface area contributed by atoms with Crippen molar-refractivity contribution in [3.05, 3.63) is 0 Å². The average Bonchev–Trinajstić information content (AvgIpc) is 3.64. The predicted octanol–water partition coefficient (Wildman–Crippen LogP) is -7.31. The number of nitrogens with one attached hydrogen (secondary N) is 10. The molecule has 0 aromatic rings. The Kier molecular flexibility index (Phi) is 37.9. The standard InChI is InChI=1S/C51H93N17O16S/c1-8-27(6)40(68-47(80)35(24-70)66-44(77)31(16-19-85-7)61-42(75)29(13-11-18-58-51(56)57)60-38(73)22-59-41(74)28(53)23-69)49(82)67-39(26(4)5)48(81)62-30(12-9-10-17-52)43(76)65-34(21-37(55)72)46(79)64-33(20-25(2)3)45(78)63-32(50(83)84)14-15-36(54)71/h25-35,39-40,69-70H,8-24,52-53H2,1-7H3,(H2,54,71)(H2,55,72)(H,59,74)(H,60,73)(H,61,75)(H,62,81)(H,63,78)(H,64,79)(H,65,76)(H,66,77)(H,67,82)(H,68,80)(H,83,84)(H4,56,57,58)/t27-,28-,29-,30-,31-,32-,33-,34-,35-,39-,40-/m0/s1. The number of carboxylic acids is 1. The van der Waals surface area contributed by atoms with Crippen LogP contribution in [0.15, 0.2) is 4.99 Å². The minimum Gasteiger partial charge on any atom is -0.480 e. The molecule has 34 heteroatoms. The third-order valence-corrected chi connectivity index (χ3v) is 13.5. The Bertz CT molecular complexity index is 2280. The van der Waals surface area contributed by atoms with Crippen LogP contribution in [0.2, 0.25) is 0 Å². The van der Waals surface area contributed by atoms with Gasteiger partial charge in [0.05, 0.1) is 26.2 Å². The van der Waals surface area contributed by atoms with E-state index in [0.29, 0.717) is 12.2 Å². The number of unbranched alkanes of at least 4 members (excludes halogenated alkanes) is 1. The van der Waals surface area contributed by atoms with Crippen molar-refractivity contribution in [2.45, 2.75) is 173 Å². The molecular weight excluding hydrogens is 1140 g/mol. The van der Waals surface area contributed by atoms with E-state index < -0.39 is 175 Å². The molecular formula is C51H93N17O16S. The lowest BCUT2D eigenvalue weighted by atomic mass is 9.96. The van der Waals surface area contributed by atoms with Crippen molar-refractivity contribution in [2.24, 2.45) is 57.1 Å². The molecule has 11 atom stereocenters.